The Balaban J connectivity index is 1.92. The van der Waals surface area contributed by atoms with Crippen molar-refractivity contribution in [2.75, 3.05) is 7.11 Å². The van der Waals surface area contributed by atoms with Crippen LogP contribution in [-0.2, 0) is 4.74 Å². The second kappa shape index (κ2) is 6.49. The number of hydrogen-bond acceptors (Lipinski definition) is 2. The van der Waals surface area contributed by atoms with Crippen LogP contribution in [0.1, 0.15) is 64.7 Å². The molecule has 0 heterocycles. The molecule has 0 saturated heterocycles. The van der Waals surface area contributed by atoms with Crippen molar-refractivity contribution in [1.29, 1.82) is 0 Å². The molecule has 90 valence electrons. The maximum Gasteiger partial charge on any atom is 0.0697 e. The minimum atomic E-state index is -0.383. The summed E-state index contributed by atoms with van der Waals surface area (Å²) in [6.45, 7) is 2.24. The molecule has 0 amide bonds. The van der Waals surface area contributed by atoms with Gasteiger partial charge in [-0.15, -0.1) is 0 Å². The van der Waals surface area contributed by atoms with E-state index < -0.39 is 0 Å². The van der Waals surface area contributed by atoms with Crippen LogP contribution in [0.4, 0.5) is 0 Å². The molecule has 2 nitrogen and oxygen atoms in total. The van der Waals surface area contributed by atoms with Crippen molar-refractivity contribution in [1.82, 2.24) is 0 Å². The summed E-state index contributed by atoms with van der Waals surface area (Å²) < 4.78 is 5.18. The molecule has 1 rings (SSSR count). The van der Waals surface area contributed by atoms with Crippen LogP contribution in [0, 0.1) is 0 Å². The van der Waals surface area contributed by atoms with E-state index in [1.165, 1.54) is 38.5 Å². The highest BCUT2D eigenvalue weighted by Crippen LogP contribution is 2.38. The highest BCUT2D eigenvalue weighted by Gasteiger charge is 2.41. The number of ether oxygens (including phenoxy) is 1. The van der Waals surface area contributed by atoms with Crippen molar-refractivity contribution in [2.24, 2.45) is 0 Å². The molecule has 0 aliphatic heterocycles. The molecule has 0 bridgehead atoms. The molecule has 1 fully saturated rings. The van der Waals surface area contributed by atoms with Crippen molar-refractivity contribution >= 4 is 0 Å². The van der Waals surface area contributed by atoms with E-state index in [2.05, 4.69) is 6.92 Å². The van der Waals surface area contributed by atoms with Gasteiger partial charge in [0.05, 0.1) is 11.7 Å². The van der Waals surface area contributed by atoms with E-state index in [0.29, 0.717) is 6.10 Å². The number of aliphatic hydroxyl groups is 1. The standard InChI is InChI=1S/C13H26O2/c1-3-4-5-6-7-8-9-13(14)10-12(11-13)15-2/h12,14H,3-11H2,1-2H3. The summed E-state index contributed by atoms with van der Waals surface area (Å²) in [5.74, 6) is 0. The van der Waals surface area contributed by atoms with Crippen LogP contribution in [0.25, 0.3) is 0 Å². The number of methoxy groups -OCH3 is 1. The monoisotopic (exact) mass is 214 g/mol. The molecule has 0 radical (unpaired) electrons. The van der Waals surface area contributed by atoms with Crippen molar-refractivity contribution in [2.45, 2.75) is 76.4 Å². The third-order valence-corrected chi connectivity index (χ3v) is 3.54. The van der Waals surface area contributed by atoms with Crippen LogP contribution < -0.4 is 0 Å². The minimum absolute atomic E-state index is 0.315. The number of rotatable bonds is 8. The van der Waals surface area contributed by atoms with Crippen LogP contribution in [0.5, 0.6) is 0 Å². The van der Waals surface area contributed by atoms with Crippen LogP contribution in [0.3, 0.4) is 0 Å². The number of unbranched alkanes of at least 4 members (excludes halogenated alkanes) is 5. The summed E-state index contributed by atoms with van der Waals surface area (Å²) in [4.78, 5) is 0. The highest BCUT2D eigenvalue weighted by molar-refractivity contribution is 4.94. The summed E-state index contributed by atoms with van der Waals surface area (Å²) in [7, 11) is 1.73. The summed E-state index contributed by atoms with van der Waals surface area (Å²) in [6, 6.07) is 0. The molecule has 15 heavy (non-hydrogen) atoms. The van der Waals surface area contributed by atoms with E-state index in [1.807, 2.05) is 0 Å². The zero-order chi connectivity index (χ0) is 11.1. The summed E-state index contributed by atoms with van der Waals surface area (Å²) in [6.07, 6.45) is 10.8. The van der Waals surface area contributed by atoms with Crippen molar-refractivity contribution in [3.8, 4) is 0 Å². The van der Waals surface area contributed by atoms with Crippen molar-refractivity contribution in [3.63, 3.8) is 0 Å². The Kier molecular flexibility index (Phi) is 5.62. The summed E-state index contributed by atoms with van der Waals surface area (Å²) >= 11 is 0. The van der Waals surface area contributed by atoms with Gasteiger partial charge < -0.3 is 9.84 Å². The van der Waals surface area contributed by atoms with Gasteiger partial charge in [0.25, 0.3) is 0 Å². The Morgan fingerprint density at radius 2 is 1.73 bits per heavy atom. The van der Waals surface area contributed by atoms with E-state index in [-0.39, 0.29) is 5.60 Å². The van der Waals surface area contributed by atoms with Crippen molar-refractivity contribution in [3.05, 3.63) is 0 Å². The first-order chi connectivity index (χ1) is 7.20. The van der Waals surface area contributed by atoms with E-state index in [9.17, 15) is 5.11 Å². The summed E-state index contributed by atoms with van der Waals surface area (Å²) in [5.41, 5.74) is -0.383. The van der Waals surface area contributed by atoms with Gasteiger partial charge in [-0.1, -0.05) is 45.4 Å². The Labute approximate surface area is 94.0 Å². The minimum Gasteiger partial charge on any atom is -0.390 e. The van der Waals surface area contributed by atoms with Gasteiger partial charge in [0.15, 0.2) is 0 Å². The van der Waals surface area contributed by atoms with Gasteiger partial charge in [-0.2, -0.15) is 0 Å². The van der Waals surface area contributed by atoms with Crippen LogP contribution in [0.15, 0.2) is 0 Å². The predicted molar refractivity (Wildman–Crippen MR) is 63.0 cm³/mol. The first-order valence-electron chi connectivity index (χ1n) is 6.45. The van der Waals surface area contributed by atoms with Gasteiger partial charge in [0, 0.05) is 20.0 Å². The fourth-order valence-electron chi connectivity index (χ4n) is 2.39. The molecule has 0 aromatic heterocycles. The van der Waals surface area contributed by atoms with Gasteiger partial charge in [0.1, 0.15) is 0 Å². The highest BCUT2D eigenvalue weighted by atomic mass is 16.5. The molecule has 0 aromatic carbocycles. The van der Waals surface area contributed by atoms with E-state index in [1.54, 1.807) is 7.11 Å². The number of hydrogen-bond donors (Lipinski definition) is 1. The lowest BCUT2D eigenvalue weighted by Gasteiger charge is -2.42. The molecule has 0 atom stereocenters. The molecule has 1 N–H and O–H groups in total. The average Bonchev–Trinajstić information content (AvgIpc) is 2.19. The van der Waals surface area contributed by atoms with E-state index >= 15 is 0 Å². The predicted octanol–water partition coefficient (Wildman–Crippen LogP) is 3.28. The zero-order valence-corrected chi connectivity index (χ0v) is 10.3. The van der Waals surface area contributed by atoms with Crippen LogP contribution in [0.2, 0.25) is 0 Å². The first kappa shape index (κ1) is 13.0. The Morgan fingerprint density at radius 3 is 2.33 bits per heavy atom. The molecular weight excluding hydrogens is 188 g/mol. The lowest BCUT2D eigenvalue weighted by Crippen LogP contribution is -2.47. The largest absolute Gasteiger partial charge is 0.390 e. The molecule has 2 heteroatoms. The van der Waals surface area contributed by atoms with E-state index in [0.717, 1.165) is 19.3 Å². The maximum absolute atomic E-state index is 10.0. The van der Waals surface area contributed by atoms with Gasteiger partial charge in [-0.25, -0.2) is 0 Å². The molecule has 1 aliphatic rings. The second-order valence-electron chi connectivity index (χ2n) is 5.01. The zero-order valence-electron chi connectivity index (χ0n) is 10.3. The van der Waals surface area contributed by atoms with Crippen LogP contribution >= 0.6 is 0 Å². The van der Waals surface area contributed by atoms with Gasteiger partial charge in [-0.3, -0.25) is 0 Å². The molecule has 0 spiro atoms. The van der Waals surface area contributed by atoms with E-state index in [4.69, 9.17) is 4.74 Å². The molecule has 1 aliphatic carbocycles. The Hall–Kier alpha value is -0.0800. The lowest BCUT2D eigenvalue weighted by atomic mass is 9.74. The Bertz CT molecular complexity index is 162. The van der Waals surface area contributed by atoms with Gasteiger partial charge in [-0.05, 0) is 6.42 Å². The van der Waals surface area contributed by atoms with Crippen LogP contribution in [-0.4, -0.2) is 23.9 Å². The maximum atomic E-state index is 10.0. The smallest absolute Gasteiger partial charge is 0.0697 e. The molecule has 0 unspecified atom stereocenters. The third kappa shape index (κ3) is 4.52. The normalized spacial score (nSPS) is 30.2. The molecule has 1 saturated carbocycles. The third-order valence-electron chi connectivity index (χ3n) is 3.54. The fraction of sp³-hybridized carbons (Fsp3) is 1.00. The second-order valence-corrected chi connectivity index (χ2v) is 5.01. The summed E-state index contributed by atoms with van der Waals surface area (Å²) in [5, 5.41) is 10.0. The topological polar surface area (TPSA) is 29.5 Å². The fourth-order valence-corrected chi connectivity index (χ4v) is 2.39. The molecular formula is C13H26O2. The quantitative estimate of drug-likeness (QED) is 0.628. The van der Waals surface area contributed by atoms with Crippen molar-refractivity contribution < 1.29 is 9.84 Å². The van der Waals surface area contributed by atoms with Gasteiger partial charge in [0.2, 0.25) is 0 Å². The Morgan fingerprint density at radius 1 is 1.13 bits per heavy atom. The van der Waals surface area contributed by atoms with Gasteiger partial charge >= 0.3 is 0 Å². The molecule has 0 aromatic rings. The SMILES string of the molecule is CCCCCCCCC1(O)CC(OC)C1. The lowest BCUT2D eigenvalue weighted by molar-refractivity contribution is -0.131. The first-order valence-corrected chi connectivity index (χ1v) is 6.45. The average molecular weight is 214 g/mol.